The van der Waals surface area contributed by atoms with Gasteiger partial charge in [-0.05, 0) is 12.3 Å². The van der Waals surface area contributed by atoms with Crippen molar-refractivity contribution in [2.24, 2.45) is 5.92 Å². The van der Waals surface area contributed by atoms with E-state index in [4.69, 9.17) is 11.6 Å². The summed E-state index contributed by atoms with van der Waals surface area (Å²) in [5, 5.41) is 0. The first-order valence-corrected chi connectivity index (χ1v) is 4.64. The first-order valence-electron chi connectivity index (χ1n) is 4.10. The Morgan fingerprint density at radius 1 is 1.58 bits per heavy atom. The van der Waals surface area contributed by atoms with Crippen molar-refractivity contribution in [3.05, 3.63) is 12.7 Å². The molecule has 0 aliphatic heterocycles. The van der Waals surface area contributed by atoms with Gasteiger partial charge in [-0.2, -0.15) is 0 Å². The van der Waals surface area contributed by atoms with Gasteiger partial charge in [-0.25, -0.2) is 8.78 Å². The molecule has 0 radical (unpaired) electrons. The zero-order chi connectivity index (χ0) is 9.61. The molecule has 12 heavy (non-hydrogen) atoms. The molecule has 0 aromatic heterocycles. The maximum absolute atomic E-state index is 12.8. The van der Waals surface area contributed by atoms with E-state index >= 15 is 0 Å². The number of halogens is 3. The van der Waals surface area contributed by atoms with E-state index in [1.165, 1.54) is 6.92 Å². The predicted molar refractivity (Wildman–Crippen MR) is 48.9 cm³/mol. The highest BCUT2D eigenvalue weighted by atomic mass is 35.5. The molecule has 1 atom stereocenters. The topological polar surface area (TPSA) is 0 Å². The van der Waals surface area contributed by atoms with Gasteiger partial charge in [0.1, 0.15) is 0 Å². The van der Waals surface area contributed by atoms with E-state index in [1.54, 1.807) is 6.08 Å². The summed E-state index contributed by atoms with van der Waals surface area (Å²) in [5.74, 6) is -2.43. The summed E-state index contributed by atoms with van der Waals surface area (Å²) in [6.07, 6.45) is 1.97. The minimum atomic E-state index is -2.57. The van der Waals surface area contributed by atoms with Crippen LogP contribution in [-0.4, -0.2) is 11.8 Å². The highest BCUT2D eigenvalue weighted by Crippen LogP contribution is 2.28. The Balaban J connectivity index is 3.91. The molecule has 0 bridgehead atoms. The van der Waals surface area contributed by atoms with Gasteiger partial charge in [0, 0.05) is 18.7 Å². The van der Waals surface area contributed by atoms with E-state index < -0.39 is 5.92 Å². The van der Waals surface area contributed by atoms with Crippen molar-refractivity contribution in [1.29, 1.82) is 0 Å². The highest BCUT2D eigenvalue weighted by Gasteiger charge is 2.29. The summed E-state index contributed by atoms with van der Waals surface area (Å²) in [5.41, 5.74) is 0. The predicted octanol–water partition coefficient (Wildman–Crippen LogP) is 3.85. The molecule has 0 saturated heterocycles. The van der Waals surface area contributed by atoms with Gasteiger partial charge in [0.15, 0.2) is 0 Å². The Kier molecular flexibility index (Phi) is 5.47. The fourth-order valence-corrected chi connectivity index (χ4v) is 1.24. The lowest BCUT2D eigenvalue weighted by molar-refractivity contribution is -0.0237. The molecule has 0 nitrogen and oxygen atoms in total. The van der Waals surface area contributed by atoms with Crippen molar-refractivity contribution in [3.8, 4) is 0 Å². The van der Waals surface area contributed by atoms with Crippen LogP contribution >= 0.6 is 11.6 Å². The third-order valence-corrected chi connectivity index (χ3v) is 2.26. The van der Waals surface area contributed by atoms with E-state index in [2.05, 4.69) is 6.58 Å². The lowest BCUT2D eigenvalue weighted by Crippen LogP contribution is -2.20. The minimum absolute atomic E-state index is 0.114. The van der Waals surface area contributed by atoms with Crippen molar-refractivity contribution >= 4 is 11.6 Å². The van der Waals surface area contributed by atoms with Gasteiger partial charge >= 0.3 is 0 Å². The van der Waals surface area contributed by atoms with Crippen molar-refractivity contribution in [1.82, 2.24) is 0 Å². The van der Waals surface area contributed by atoms with Gasteiger partial charge in [-0.3, -0.25) is 0 Å². The number of allylic oxidation sites excluding steroid dienone is 1. The number of alkyl halides is 3. The van der Waals surface area contributed by atoms with Crippen molar-refractivity contribution < 1.29 is 8.78 Å². The zero-order valence-corrected chi connectivity index (χ0v) is 8.08. The summed E-state index contributed by atoms with van der Waals surface area (Å²) in [4.78, 5) is 0. The molecule has 0 amide bonds. The maximum Gasteiger partial charge on any atom is 0.248 e. The van der Waals surface area contributed by atoms with Crippen LogP contribution in [-0.2, 0) is 0 Å². The molecule has 0 heterocycles. The monoisotopic (exact) mass is 196 g/mol. The molecule has 0 saturated carbocycles. The molecule has 3 heteroatoms. The van der Waals surface area contributed by atoms with Crippen LogP contribution in [0, 0.1) is 5.92 Å². The summed E-state index contributed by atoms with van der Waals surface area (Å²) in [6.45, 7) is 4.99. The molecule has 0 aromatic carbocycles. The van der Waals surface area contributed by atoms with Crippen LogP contribution in [0.15, 0.2) is 12.7 Å². The molecule has 0 aromatic rings. The maximum atomic E-state index is 12.8. The normalized spacial score (nSPS) is 14.3. The van der Waals surface area contributed by atoms with E-state index in [-0.39, 0.29) is 24.6 Å². The van der Waals surface area contributed by atoms with Crippen LogP contribution in [0.2, 0.25) is 0 Å². The van der Waals surface area contributed by atoms with Gasteiger partial charge in [0.25, 0.3) is 0 Å². The smallest absolute Gasteiger partial charge is 0.207 e. The lowest BCUT2D eigenvalue weighted by atomic mass is 9.98. The first-order chi connectivity index (χ1) is 5.55. The Bertz CT molecular complexity index is 134. The molecule has 0 N–H and O–H groups in total. The average molecular weight is 197 g/mol. The standard InChI is InChI=1S/C9H15ClF2/c1-3-5-8(7-10)6-9(11,12)4-2/h3,8H,1,4-7H2,2H3. The largest absolute Gasteiger partial charge is 0.248 e. The van der Waals surface area contributed by atoms with Crippen LogP contribution in [0.25, 0.3) is 0 Å². The molecule has 0 aliphatic rings. The molecular weight excluding hydrogens is 182 g/mol. The van der Waals surface area contributed by atoms with Crippen LogP contribution in [0.1, 0.15) is 26.2 Å². The Morgan fingerprint density at radius 2 is 2.17 bits per heavy atom. The first kappa shape index (κ1) is 11.9. The Morgan fingerprint density at radius 3 is 2.50 bits per heavy atom. The molecule has 0 aliphatic carbocycles. The summed E-state index contributed by atoms with van der Waals surface area (Å²) in [7, 11) is 0. The molecular formula is C9H15ClF2. The van der Waals surface area contributed by atoms with Crippen molar-refractivity contribution in [2.75, 3.05) is 5.88 Å². The molecule has 0 spiro atoms. The summed E-state index contributed by atoms with van der Waals surface area (Å²) >= 11 is 5.53. The van der Waals surface area contributed by atoms with Crippen LogP contribution in [0.5, 0.6) is 0 Å². The van der Waals surface area contributed by atoms with Gasteiger partial charge in [-0.15, -0.1) is 18.2 Å². The fraction of sp³-hybridized carbons (Fsp3) is 0.778. The molecule has 72 valence electrons. The second-order valence-electron chi connectivity index (χ2n) is 2.96. The lowest BCUT2D eigenvalue weighted by Gasteiger charge is -2.19. The van der Waals surface area contributed by atoms with E-state index in [0.717, 1.165) is 0 Å². The van der Waals surface area contributed by atoms with Crippen LogP contribution in [0.4, 0.5) is 8.78 Å². The van der Waals surface area contributed by atoms with Crippen LogP contribution < -0.4 is 0 Å². The second-order valence-corrected chi connectivity index (χ2v) is 3.27. The number of hydrogen-bond acceptors (Lipinski definition) is 0. The zero-order valence-electron chi connectivity index (χ0n) is 7.32. The third-order valence-electron chi connectivity index (χ3n) is 1.82. The number of rotatable bonds is 6. The fourth-order valence-electron chi connectivity index (χ4n) is 1.00. The van der Waals surface area contributed by atoms with E-state index in [0.29, 0.717) is 6.42 Å². The Labute approximate surface area is 77.6 Å². The van der Waals surface area contributed by atoms with E-state index in [9.17, 15) is 8.78 Å². The second kappa shape index (κ2) is 5.52. The van der Waals surface area contributed by atoms with E-state index in [1.807, 2.05) is 0 Å². The molecule has 0 rings (SSSR count). The van der Waals surface area contributed by atoms with Gasteiger partial charge in [-0.1, -0.05) is 13.0 Å². The van der Waals surface area contributed by atoms with Crippen LogP contribution in [0.3, 0.4) is 0 Å². The summed E-state index contributed by atoms with van der Waals surface area (Å²) in [6, 6.07) is 0. The van der Waals surface area contributed by atoms with Gasteiger partial charge in [0.05, 0.1) is 0 Å². The Hall–Kier alpha value is -0.110. The minimum Gasteiger partial charge on any atom is -0.207 e. The van der Waals surface area contributed by atoms with Gasteiger partial charge in [0.2, 0.25) is 5.92 Å². The molecule has 1 unspecified atom stereocenters. The van der Waals surface area contributed by atoms with Crippen molar-refractivity contribution in [3.63, 3.8) is 0 Å². The van der Waals surface area contributed by atoms with Gasteiger partial charge < -0.3 is 0 Å². The average Bonchev–Trinajstić information content (AvgIpc) is 2.03. The molecule has 0 fully saturated rings. The third kappa shape index (κ3) is 4.70. The SMILES string of the molecule is C=CCC(CCl)CC(F)(F)CC. The quantitative estimate of drug-likeness (QED) is 0.447. The number of hydrogen-bond donors (Lipinski definition) is 0. The summed E-state index contributed by atoms with van der Waals surface area (Å²) < 4.78 is 25.6. The van der Waals surface area contributed by atoms with Crippen molar-refractivity contribution in [2.45, 2.75) is 32.1 Å². The highest BCUT2D eigenvalue weighted by molar-refractivity contribution is 6.18.